The molecule has 2 aliphatic rings. The number of aliphatic hydroxyl groups is 1. The number of likely N-dealkylation sites (tertiary alicyclic amines) is 1. The first-order chi connectivity index (χ1) is 19.4. The van der Waals surface area contributed by atoms with Gasteiger partial charge < -0.3 is 19.5 Å². The zero-order valence-corrected chi connectivity index (χ0v) is 24.1. The minimum Gasteiger partial charge on any atom is -0.507 e. The highest BCUT2D eigenvalue weighted by atomic mass is 79.9. The Hall–Kier alpha value is -3.46. The summed E-state index contributed by atoms with van der Waals surface area (Å²) in [4.78, 5) is 30.7. The summed E-state index contributed by atoms with van der Waals surface area (Å²) in [5.74, 6) is -0.775. The maximum Gasteiger partial charge on any atom is 0.295 e. The molecule has 2 fully saturated rings. The fourth-order valence-corrected chi connectivity index (χ4v) is 5.72. The number of benzene rings is 3. The molecule has 0 saturated carbocycles. The molecule has 2 aliphatic heterocycles. The maximum atomic E-state index is 13.4. The number of hydrogen-bond acceptors (Lipinski definition) is 6. The van der Waals surface area contributed by atoms with E-state index in [0.29, 0.717) is 44.1 Å². The molecule has 0 aliphatic carbocycles. The van der Waals surface area contributed by atoms with Crippen molar-refractivity contribution in [3.05, 3.63) is 105 Å². The number of ketones is 1. The smallest absolute Gasteiger partial charge is 0.295 e. The highest BCUT2D eigenvalue weighted by Crippen LogP contribution is 2.41. The van der Waals surface area contributed by atoms with E-state index in [1.807, 2.05) is 67.6 Å². The molecule has 1 N–H and O–H groups in total. The van der Waals surface area contributed by atoms with Crippen molar-refractivity contribution < 1.29 is 24.2 Å². The Morgan fingerprint density at radius 3 is 2.50 bits per heavy atom. The van der Waals surface area contributed by atoms with Crippen molar-refractivity contribution in [1.29, 1.82) is 0 Å². The average Bonchev–Trinajstić information content (AvgIpc) is 3.22. The molecule has 5 rings (SSSR count). The third-order valence-electron chi connectivity index (χ3n) is 7.38. The molecular weight excluding hydrogens is 572 g/mol. The van der Waals surface area contributed by atoms with Gasteiger partial charge in [0, 0.05) is 36.2 Å². The number of rotatable bonds is 9. The first kappa shape index (κ1) is 28.1. The number of aryl methyl sites for hydroxylation is 1. The number of amides is 1. The summed E-state index contributed by atoms with van der Waals surface area (Å²) in [5.41, 5.74) is 3.17. The van der Waals surface area contributed by atoms with Crippen LogP contribution in [0.2, 0.25) is 0 Å². The van der Waals surface area contributed by atoms with E-state index in [1.165, 1.54) is 0 Å². The molecule has 3 aromatic carbocycles. The van der Waals surface area contributed by atoms with E-state index in [0.717, 1.165) is 40.8 Å². The third kappa shape index (κ3) is 6.30. The molecule has 0 bridgehead atoms. The Morgan fingerprint density at radius 2 is 1.77 bits per heavy atom. The number of morpholine rings is 1. The van der Waals surface area contributed by atoms with Gasteiger partial charge >= 0.3 is 0 Å². The van der Waals surface area contributed by atoms with Crippen molar-refractivity contribution >= 4 is 33.4 Å². The zero-order valence-electron chi connectivity index (χ0n) is 22.5. The van der Waals surface area contributed by atoms with Crippen LogP contribution in [0.4, 0.5) is 0 Å². The Bertz CT molecular complexity index is 1400. The fourth-order valence-electron chi connectivity index (χ4n) is 5.30. The van der Waals surface area contributed by atoms with E-state index in [9.17, 15) is 14.7 Å². The van der Waals surface area contributed by atoms with E-state index in [4.69, 9.17) is 9.47 Å². The molecule has 7 nitrogen and oxygen atoms in total. The summed E-state index contributed by atoms with van der Waals surface area (Å²) >= 11 is 3.52. The van der Waals surface area contributed by atoms with Crippen LogP contribution in [-0.4, -0.2) is 66.0 Å². The van der Waals surface area contributed by atoms with Gasteiger partial charge in [-0.05, 0) is 60.4 Å². The zero-order chi connectivity index (χ0) is 28.1. The van der Waals surface area contributed by atoms with Crippen LogP contribution in [0.3, 0.4) is 0 Å². The quantitative estimate of drug-likeness (QED) is 0.198. The van der Waals surface area contributed by atoms with Gasteiger partial charge in [0.2, 0.25) is 0 Å². The summed E-state index contributed by atoms with van der Waals surface area (Å²) in [6, 6.07) is 22.1. The van der Waals surface area contributed by atoms with E-state index in [1.54, 1.807) is 17.0 Å². The number of hydrogen-bond donors (Lipinski definition) is 1. The van der Waals surface area contributed by atoms with Gasteiger partial charge in [-0.3, -0.25) is 14.5 Å². The molecule has 0 aromatic heterocycles. The number of carbonyl (C=O) groups is 2. The van der Waals surface area contributed by atoms with Crippen LogP contribution >= 0.6 is 15.9 Å². The SMILES string of the molecule is Cc1cc(OCc2ccccc2)ccc1/C(O)=C1\C(=O)C(=O)N(CCCN2CCOCC2)[C@H]1c1cccc(Br)c1. The largest absolute Gasteiger partial charge is 0.507 e. The van der Waals surface area contributed by atoms with Crippen LogP contribution in [0.1, 0.15) is 34.7 Å². The molecule has 0 radical (unpaired) electrons. The highest BCUT2D eigenvalue weighted by molar-refractivity contribution is 9.10. The molecule has 8 heteroatoms. The molecule has 0 unspecified atom stereocenters. The standard InChI is InChI=1S/C32H33BrN2O5/c1-22-19-26(40-21-23-7-3-2-4-8-23)11-12-27(22)30(36)28-29(24-9-5-10-25(33)20-24)35(32(38)31(28)37)14-6-13-34-15-17-39-18-16-34/h2-5,7-12,19-20,29,36H,6,13-18,21H2,1H3/b30-28+/t29-/m0/s1. The van der Waals surface area contributed by atoms with Gasteiger partial charge in [-0.1, -0.05) is 58.4 Å². The predicted molar refractivity (Wildman–Crippen MR) is 157 cm³/mol. The van der Waals surface area contributed by atoms with Crippen LogP contribution in [0.15, 0.2) is 82.8 Å². The molecule has 0 spiro atoms. The van der Waals surface area contributed by atoms with E-state index >= 15 is 0 Å². The number of Topliss-reactive ketones (excluding diaryl/α,β-unsaturated/α-hetero) is 1. The lowest BCUT2D eigenvalue weighted by Crippen LogP contribution is -2.38. The topological polar surface area (TPSA) is 79.3 Å². The van der Waals surface area contributed by atoms with Gasteiger partial charge in [0.05, 0.1) is 24.8 Å². The monoisotopic (exact) mass is 604 g/mol. The summed E-state index contributed by atoms with van der Waals surface area (Å²) in [7, 11) is 0. The maximum absolute atomic E-state index is 13.4. The molecule has 1 atom stereocenters. The Balaban J connectivity index is 1.42. The number of ether oxygens (including phenoxy) is 2. The van der Waals surface area contributed by atoms with Gasteiger partial charge in [-0.2, -0.15) is 0 Å². The predicted octanol–water partition coefficient (Wildman–Crippen LogP) is 5.48. The number of nitrogens with zero attached hydrogens (tertiary/aromatic N) is 2. The highest BCUT2D eigenvalue weighted by Gasteiger charge is 2.46. The summed E-state index contributed by atoms with van der Waals surface area (Å²) in [5, 5.41) is 11.5. The minimum absolute atomic E-state index is 0.107. The second-order valence-electron chi connectivity index (χ2n) is 10.1. The van der Waals surface area contributed by atoms with Gasteiger partial charge in [-0.15, -0.1) is 0 Å². The lowest BCUT2D eigenvalue weighted by molar-refractivity contribution is -0.140. The lowest BCUT2D eigenvalue weighted by Gasteiger charge is -2.29. The third-order valence-corrected chi connectivity index (χ3v) is 7.88. The number of halogens is 1. The van der Waals surface area contributed by atoms with Gasteiger partial charge in [0.15, 0.2) is 0 Å². The van der Waals surface area contributed by atoms with Crippen molar-refractivity contribution in [2.45, 2.75) is 26.0 Å². The molecule has 2 heterocycles. The minimum atomic E-state index is -0.685. The molecule has 2 saturated heterocycles. The van der Waals surface area contributed by atoms with E-state index in [-0.39, 0.29) is 11.3 Å². The Kier molecular flexibility index (Phi) is 8.99. The summed E-state index contributed by atoms with van der Waals surface area (Å²) in [6.45, 7) is 6.62. The molecule has 40 heavy (non-hydrogen) atoms. The Labute approximate surface area is 243 Å². The molecule has 1 amide bonds. The number of carbonyl (C=O) groups excluding carboxylic acids is 2. The number of aliphatic hydroxyl groups excluding tert-OH is 1. The van der Waals surface area contributed by atoms with Crippen LogP contribution in [0.5, 0.6) is 5.75 Å². The first-order valence-corrected chi connectivity index (χ1v) is 14.3. The van der Waals surface area contributed by atoms with Crippen molar-refractivity contribution in [1.82, 2.24) is 9.80 Å². The fraction of sp³-hybridized carbons (Fsp3) is 0.312. The Morgan fingerprint density at radius 1 is 1.00 bits per heavy atom. The van der Waals surface area contributed by atoms with E-state index in [2.05, 4.69) is 20.8 Å². The van der Waals surface area contributed by atoms with E-state index < -0.39 is 17.7 Å². The lowest BCUT2D eigenvalue weighted by atomic mass is 9.94. The molecular formula is C32H33BrN2O5. The van der Waals surface area contributed by atoms with Crippen molar-refractivity contribution in [2.24, 2.45) is 0 Å². The second kappa shape index (κ2) is 12.8. The van der Waals surface area contributed by atoms with Crippen molar-refractivity contribution in [3.8, 4) is 5.75 Å². The molecule has 3 aromatic rings. The first-order valence-electron chi connectivity index (χ1n) is 13.5. The van der Waals surface area contributed by atoms with Crippen LogP contribution < -0.4 is 4.74 Å². The summed E-state index contributed by atoms with van der Waals surface area (Å²) in [6.07, 6.45) is 0.712. The van der Waals surface area contributed by atoms with Crippen LogP contribution in [0, 0.1) is 6.92 Å². The van der Waals surface area contributed by atoms with Crippen LogP contribution in [0.25, 0.3) is 5.76 Å². The summed E-state index contributed by atoms with van der Waals surface area (Å²) < 4.78 is 12.2. The van der Waals surface area contributed by atoms with Crippen LogP contribution in [-0.2, 0) is 20.9 Å². The van der Waals surface area contributed by atoms with Gasteiger partial charge in [0.25, 0.3) is 11.7 Å². The van der Waals surface area contributed by atoms with Gasteiger partial charge in [0.1, 0.15) is 18.1 Å². The normalized spacial score (nSPS) is 19.2. The molecule has 208 valence electrons. The van der Waals surface area contributed by atoms with Gasteiger partial charge in [-0.25, -0.2) is 0 Å². The van der Waals surface area contributed by atoms with Crippen molar-refractivity contribution in [2.75, 3.05) is 39.4 Å². The average molecular weight is 606 g/mol. The van der Waals surface area contributed by atoms with Crippen molar-refractivity contribution in [3.63, 3.8) is 0 Å². The second-order valence-corrected chi connectivity index (χ2v) is 11.0.